The van der Waals surface area contributed by atoms with Crippen molar-refractivity contribution in [1.29, 1.82) is 0 Å². The molecule has 41 heavy (non-hydrogen) atoms. The van der Waals surface area contributed by atoms with Gasteiger partial charge in [-0.25, -0.2) is 13.4 Å². The first-order valence-electron chi connectivity index (χ1n) is 13.2. The molecule has 216 valence electrons. The number of benzene rings is 2. The van der Waals surface area contributed by atoms with E-state index < -0.39 is 40.0 Å². The van der Waals surface area contributed by atoms with Gasteiger partial charge in [0.1, 0.15) is 6.04 Å². The Labute approximate surface area is 241 Å². The van der Waals surface area contributed by atoms with Crippen LogP contribution in [0.25, 0.3) is 10.8 Å². The number of sulfonamides is 1. The van der Waals surface area contributed by atoms with E-state index in [1.807, 2.05) is 24.3 Å². The summed E-state index contributed by atoms with van der Waals surface area (Å²) in [5.74, 6) is -1.29. The van der Waals surface area contributed by atoms with Crippen molar-refractivity contribution in [3.05, 3.63) is 59.0 Å². The number of nitrogens with two attached hydrogens (primary N) is 2. The summed E-state index contributed by atoms with van der Waals surface area (Å²) < 4.78 is 28.2. The lowest BCUT2D eigenvalue weighted by molar-refractivity contribution is -0.143. The van der Waals surface area contributed by atoms with Crippen molar-refractivity contribution in [3.8, 4) is 0 Å². The van der Waals surface area contributed by atoms with Gasteiger partial charge in [0.25, 0.3) is 0 Å². The zero-order valence-electron chi connectivity index (χ0n) is 22.2. The topological polar surface area (TPSA) is 181 Å². The van der Waals surface area contributed by atoms with Crippen LogP contribution in [0.4, 0.5) is 0 Å². The summed E-state index contributed by atoms with van der Waals surface area (Å²) in [6.45, 7) is 0.0115. The highest BCUT2D eigenvalue weighted by molar-refractivity contribution is 7.89. The van der Waals surface area contributed by atoms with Gasteiger partial charge in [-0.05, 0) is 48.6 Å². The van der Waals surface area contributed by atoms with Gasteiger partial charge in [-0.1, -0.05) is 30.3 Å². The van der Waals surface area contributed by atoms with Crippen molar-refractivity contribution in [3.63, 3.8) is 0 Å². The fourth-order valence-corrected chi connectivity index (χ4v) is 7.52. The van der Waals surface area contributed by atoms with E-state index in [2.05, 4.69) is 15.3 Å². The number of guanidine groups is 1. The number of carbonyl (C=O) groups excluding carboxylic acids is 3. The number of hydrogen-bond donors (Lipinski definition) is 3. The van der Waals surface area contributed by atoms with Crippen molar-refractivity contribution < 1.29 is 22.8 Å². The Balaban J connectivity index is 1.28. The van der Waals surface area contributed by atoms with E-state index in [1.165, 1.54) is 26.7 Å². The highest BCUT2D eigenvalue weighted by Gasteiger charge is 2.47. The van der Waals surface area contributed by atoms with Gasteiger partial charge in [-0.3, -0.25) is 19.4 Å². The first kappa shape index (κ1) is 28.6. The number of carbonyl (C=O) groups is 3. The van der Waals surface area contributed by atoms with Crippen molar-refractivity contribution in [2.24, 2.45) is 16.5 Å². The van der Waals surface area contributed by atoms with Crippen LogP contribution < -0.4 is 16.8 Å². The summed E-state index contributed by atoms with van der Waals surface area (Å²) in [6.07, 6.45) is 3.06. The second-order valence-corrected chi connectivity index (χ2v) is 12.9. The van der Waals surface area contributed by atoms with Gasteiger partial charge < -0.3 is 21.7 Å². The number of hydrogen-bond acceptors (Lipinski definition) is 8. The van der Waals surface area contributed by atoms with E-state index in [4.69, 9.17) is 11.5 Å². The molecule has 2 aliphatic rings. The minimum atomic E-state index is -3.93. The molecule has 5 N–H and O–H groups in total. The van der Waals surface area contributed by atoms with Crippen LogP contribution in [-0.2, 0) is 19.6 Å². The molecule has 3 unspecified atom stereocenters. The normalized spacial score (nSPS) is 20.0. The molecule has 2 fully saturated rings. The molecule has 0 aliphatic carbocycles. The summed E-state index contributed by atoms with van der Waals surface area (Å²) in [5, 5.41) is 6.47. The molecule has 3 heterocycles. The SMILES string of the molecule is NC(N)=NCCCC(NC(=O)C1CCC2CN(S(=O)(=O)c3ccc4ccccc4c3)CC(=O)N21)C(=O)c1nccs1. The molecule has 14 heteroatoms. The average molecular weight is 598 g/mol. The number of ketones is 1. The Morgan fingerprint density at radius 2 is 1.93 bits per heavy atom. The molecule has 0 bridgehead atoms. The van der Waals surface area contributed by atoms with E-state index in [0.717, 1.165) is 10.8 Å². The number of nitrogens with one attached hydrogen (secondary N) is 1. The van der Waals surface area contributed by atoms with Crippen LogP contribution in [0.15, 0.2) is 63.9 Å². The molecule has 0 radical (unpaired) electrons. The molecule has 12 nitrogen and oxygen atoms in total. The average Bonchev–Trinajstić information content (AvgIpc) is 3.65. The molecule has 0 saturated carbocycles. The second-order valence-electron chi connectivity index (χ2n) is 10.1. The Hall–Kier alpha value is -3.88. The summed E-state index contributed by atoms with van der Waals surface area (Å²) in [6, 6.07) is 10.2. The first-order chi connectivity index (χ1) is 19.6. The molecule has 3 aromatic rings. The van der Waals surface area contributed by atoms with Gasteiger partial charge >= 0.3 is 0 Å². The standard InChI is InChI=1S/C27H31N7O5S2/c28-27(29)31-11-3-6-21(24(36)26-30-12-13-40-26)32-25(37)22-10-8-19-15-33(16-23(35)34(19)22)41(38,39)20-9-7-17-4-1-2-5-18(17)14-20/h1-2,4-5,7,9,12-14,19,21-22H,3,6,8,10-11,15-16H2,(H,32,37)(H4,28,29,31). The van der Waals surface area contributed by atoms with E-state index in [-0.39, 0.29) is 47.7 Å². The lowest BCUT2D eigenvalue weighted by atomic mass is 10.1. The zero-order valence-corrected chi connectivity index (χ0v) is 23.8. The van der Waals surface area contributed by atoms with Crippen molar-refractivity contribution in [1.82, 2.24) is 19.5 Å². The highest BCUT2D eigenvalue weighted by atomic mass is 32.2. The van der Waals surface area contributed by atoms with Gasteiger partial charge in [-0.2, -0.15) is 4.31 Å². The Morgan fingerprint density at radius 1 is 1.15 bits per heavy atom. The van der Waals surface area contributed by atoms with Crippen LogP contribution in [0.1, 0.15) is 35.5 Å². The van der Waals surface area contributed by atoms with Crippen molar-refractivity contribution in [2.75, 3.05) is 19.6 Å². The summed E-state index contributed by atoms with van der Waals surface area (Å²) >= 11 is 1.18. The predicted molar refractivity (Wildman–Crippen MR) is 155 cm³/mol. The van der Waals surface area contributed by atoms with Gasteiger partial charge in [0, 0.05) is 30.7 Å². The maximum atomic E-state index is 13.5. The Kier molecular flexibility index (Phi) is 8.33. The number of amides is 2. The number of rotatable bonds is 10. The quantitative estimate of drug-likeness (QED) is 0.134. The van der Waals surface area contributed by atoms with Crippen LogP contribution in [-0.4, -0.2) is 83.9 Å². The lowest BCUT2D eigenvalue weighted by Gasteiger charge is -2.38. The number of aromatic nitrogens is 1. The summed E-state index contributed by atoms with van der Waals surface area (Å²) in [4.78, 5) is 49.4. The molecule has 0 spiro atoms. The molecular weight excluding hydrogens is 566 g/mol. The smallest absolute Gasteiger partial charge is 0.243 e. The minimum Gasteiger partial charge on any atom is -0.370 e. The second kappa shape index (κ2) is 11.9. The number of fused-ring (bicyclic) bond motifs is 2. The molecular formula is C27H31N7O5S2. The number of Topliss-reactive ketones (excluding diaryl/α,β-unsaturated/α-hetero) is 1. The molecule has 2 amide bonds. The van der Waals surface area contributed by atoms with E-state index in [1.54, 1.807) is 23.6 Å². The van der Waals surface area contributed by atoms with E-state index >= 15 is 0 Å². The number of piperazine rings is 1. The number of nitrogens with zero attached hydrogens (tertiary/aromatic N) is 4. The first-order valence-corrected chi connectivity index (χ1v) is 15.6. The number of aliphatic imine (C=N–C) groups is 1. The predicted octanol–water partition coefficient (Wildman–Crippen LogP) is 1.08. The van der Waals surface area contributed by atoms with Crippen LogP contribution in [0.2, 0.25) is 0 Å². The van der Waals surface area contributed by atoms with Gasteiger partial charge in [0.05, 0.1) is 17.5 Å². The zero-order chi connectivity index (χ0) is 29.1. The Morgan fingerprint density at radius 3 is 2.66 bits per heavy atom. The molecule has 2 aliphatic heterocycles. The van der Waals surface area contributed by atoms with Crippen LogP contribution >= 0.6 is 11.3 Å². The third-order valence-electron chi connectivity index (χ3n) is 7.40. The van der Waals surface area contributed by atoms with Gasteiger partial charge in [0.15, 0.2) is 11.0 Å². The molecule has 2 saturated heterocycles. The molecule has 1 aromatic heterocycles. The van der Waals surface area contributed by atoms with Crippen LogP contribution in [0.5, 0.6) is 0 Å². The minimum absolute atomic E-state index is 0.0610. The van der Waals surface area contributed by atoms with Gasteiger partial charge in [0.2, 0.25) is 27.6 Å². The van der Waals surface area contributed by atoms with Gasteiger partial charge in [-0.15, -0.1) is 11.3 Å². The fourth-order valence-electron chi connectivity index (χ4n) is 5.42. The summed E-state index contributed by atoms with van der Waals surface area (Å²) in [5.41, 5.74) is 10.8. The molecule has 2 aromatic carbocycles. The highest BCUT2D eigenvalue weighted by Crippen LogP contribution is 2.32. The molecule has 3 atom stereocenters. The van der Waals surface area contributed by atoms with E-state index in [0.29, 0.717) is 19.3 Å². The maximum Gasteiger partial charge on any atom is 0.243 e. The third kappa shape index (κ3) is 6.09. The van der Waals surface area contributed by atoms with Crippen molar-refractivity contribution >= 4 is 55.7 Å². The largest absolute Gasteiger partial charge is 0.370 e. The monoisotopic (exact) mass is 597 g/mol. The fraction of sp³-hybridized carbons (Fsp3) is 0.370. The third-order valence-corrected chi connectivity index (χ3v) is 9.99. The van der Waals surface area contributed by atoms with Crippen molar-refractivity contribution in [2.45, 2.75) is 48.7 Å². The lowest BCUT2D eigenvalue weighted by Crippen LogP contribution is -2.60. The van der Waals surface area contributed by atoms with Crippen LogP contribution in [0.3, 0.4) is 0 Å². The molecule has 5 rings (SSSR count). The summed E-state index contributed by atoms with van der Waals surface area (Å²) in [7, 11) is -3.93. The Bertz CT molecular complexity index is 1590. The number of thiazole rings is 1. The van der Waals surface area contributed by atoms with Crippen LogP contribution in [0, 0.1) is 0 Å². The van der Waals surface area contributed by atoms with E-state index in [9.17, 15) is 22.8 Å². The maximum absolute atomic E-state index is 13.5.